The number of hydrogen-bond donors (Lipinski definition) is 2. The lowest BCUT2D eigenvalue weighted by atomic mass is 9.69. The summed E-state index contributed by atoms with van der Waals surface area (Å²) in [6.45, 7) is 11.2. The van der Waals surface area contributed by atoms with Crippen LogP contribution in [-0.2, 0) is 17.6 Å². The van der Waals surface area contributed by atoms with E-state index in [9.17, 15) is 9.59 Å². The van der Waals surface area contributed by atoms with Crippen molar-refractivity contribution in [3.63, 3.8) is 0 Å². The maximum absolute atomic E-state index is 12.6. The van der Waals surface area contributed by atoms with Gasteiger partial charge in [-0.1, -0.05) is 65.3 Å². The SMILES string of the molecule is CCC(C)(C)C1CCc2c(sc(NC(=O)/C=C/c3ccc(C(C)C)cc3)c2C(N)=O)C1. The van der Waals surface area contributed by atoms with Crippen molar-refractivity contribution >= 4 is 34.2 Å². The second-order valence-corrected chi connectivity index (χ2v) is 10.6. The van der Waals surface area contributed by atoms with Crippen LogP contribution in [0.25, 0.3) is 6.08 Å². The molecular formula is C26H34N2O2S. The highest BCUT2D eigenvalue weighted by Gasteiger charge is 2.34. The highest BCUT2D eigenvalue weighted by Crippen LogP contribution is 2.45. The zero-order valence-corrected chi connectivity index (χ0v) is 20.1. The minimum Gasteiger partial charge on any atom is -0.365 e. The highest BCUT2D eigenvalue weighted by atomic mass is 32.1. The number of fused-ring (bicyclic) bond motifs is 1. The molecule has 0 saturated heterocycles. The van der Waals surface area contributed by atoms with Crippen LogP contribution in [-0.4, -0.2) is 11.8 Å². The summed E-state index contributed by atoms with van der Waals surface area (Å²) < 4.78 is 0. The van der Waals surface area contributed by atoms with Gasteiger partial charge in [-0.05, 0) is 59.3 Å². The molecular weight excluding hydrogens is 404 g/mol. The molecule has 1 aromatic carbocycles. The fourth-order valence-corrected chi connectivity index (χ4v) is 5.54. The lowest BCUT2D eigenvalue weighted by Crippen LogP contribution is -2.29. The summed E-state index contributed by atoms with van der Waals surface area (Å²) in [4.78, 5) is 26.0. The van der Waals surface area contributed by atoms with Gasteiger partial charge in [-0.15, -0.1) is 11.3 Å². The summed E-state index contributed by atoms with van der Waals surface area (Å²) in [5.74, 6) is 0.330. The Kier molecular flexibility index (Phi) is 7.05. The average Bonchev–Trinajstić information content (AvgIpc) is 3.09. The number of thiophene rings is 1. The van der Waals surface area contributed by atoms with E-state index in [1.807, 2.05) is 12.1 Å². The Balaban J connectivity index is 1.77. The molecule has 0 fully saturated rings. The van der Waals surface area contributed by atoms with Crippen LogP contribution in [0.1, 0.15) is 85.3 Å². The Hall–Kier alpha value is -2.40. The molecule has 1 aliphatic carbocycles. The van der Waals surface area contributed by atoms with Gasteiger partial charge in [0.2, 0.25) is 5.91 Å². The number of carbonyl (C=O) groups is 2. The molecule has 31 heavy (non-hydrogen) atoms. The highest BCUT2D eigenvalue weighted by molar-refractivity contribution is 7.17. The van der Waals surface area contributed by atoms with Crippen molar-refractivity contribution in [1.29, 1.82) is 0 Å². The third-order valence-corrected chi connectivity index (χ3v) is 7.96. The topological polar surface area (TPSA) is 72.2 Å². The van der Waals surface area contributed by atoms with E-state index in [4.69, 9.17) is 5.73 Å². The van der Waals surface area contributed by atoms with Gasteiger partial charge in [-0.25, -0.2) is 0 Å². The number of anilines is 1. The fourth-order valence-electron chi connectivity index (χ4n) is 4.21. The van der Waals surface area contributed by atoms with E-state index in [1.54, 1.807) is 6.08 Å². The predicted molar refractivity (Wildman–Crippen MR) is 131 cm³/mol. The van der Waals surface area contributed by atoms with Gasteiger partial charge in [0.1, 0.15) is 5.00 Å². The van der Waals surface area contributed by atoms with Crippen molar-refractivity contribution < 1.29 is 9.59 Å². The Bertz CT molecular complexity index is 984. The zero-order chi connectivity index (χ0) is 22.8. The number of carbonyl (C=O) groups excluding carboxylic acids is 2. The fraction of sp³-hybridized carbons (Fsp3) is 0.462. The summed E-state index contributed by atoms with van der Waals surface area (Å²) in [7, 11) is 0. The summed E-state index contributed by atoms with van der Waals surface area (Å²) in [5, 5.41) is 3.49. The van der Waals surface area contributed by atoms with Gasteiger partial charge in [0.05, 0.1) is 5.56 Å². The second-order valence-electron chi connectivity index (χ2n) is 9.50. The number of benzene rings is 1. The molecule has 0 bridgehead atoms. The quantitative estimate of drug-likeness (QED) is 0.508. The third kappa shape index (κ3) is 5.27. The van der Waals surface area contributed by atoms with E-state index < -0.39 is 5.91 Å². The van der Waals surface area contributed by atoms with Crippen LogP contribution in [0.4, 0.5) is 5.00 Å². The molecule has 2 aromatic rings. The monoisotopic (exact) mass is 438 g/mol. The molecule has 5 heteroatoms. The first-order valence-electron chi connectivity index (χ1n) is 11.2. The predicted octanol–water partition coefficient (Wildman–Crippen LogP) is 6.16. The largest absolute Gasteiger partial charge is 0.365 e. The van der Waals surface area contributed by atoms with E-state index in [-0.39, 0.29) is 11.3 Å². The molecule has 0 radical (unpaired) electrons. The third-order valence-electron chi connectivity index (χ3n) is 6.80. The summed E-state index contributed by atoms with van der Waals surface area (Å²) in [6, 6.07) is 8.17. The number of rotatable bonds is 7. The standard InChI is InChI=1S/C26H34N2O2S/c1-6-26(4,5)19-12-13-20-21(15-19)31-25(23(20)24(27)30)28-22(29)14-9-17-7-10-18(11-8-17)16(2)3/h7-11,14,16,19H,6,12-13,15H2,1-5H3,(H2,27,30)(H,28,29)/b14-9+. The minimum atomic E-state index is -0.464. The van der Waals surface area contributed by atoms with Gasteiger partial charge >= 0.3 is 0 Å². The molecule has 3 rings (SSSR count). The van der Waals surface area contributed by atoms with Crippen molar-refractivity contribution in [3.05, 3.63) is 57.5 Å². The molecule has 1 unspecified atom stereocenters. The van der Waals surface area contributed by atoms with Crippen LogP contribution in [0, 0.1) is 11.3 Å². The van der Waals surface area contributed by atoms with Gasteiger partial charge < -0.3 is 11.1 Å². The molecule has 1 heterocycles. The molecule has 4 nitrogen and oxygen atoms in total. The Morgan fingerprint density at radius 1 is 1.26 bits per heavy atom. The van der Waals surface area contributed by atoms with Crippen LogP contribution in [0.2, 0.25) is 0 Å². The van der Waals surface area contributed by atoms with E-state index in [0.29, 0.717) is 22.4 Å². The van der Waals surface area contributed by atoms with Crippen LogP contribution in [0.5, 0.6) is 0 Å². The Morgan fingerprint density at radius 2 is 1.94 bits per heavy atom. The number of primary amides is 1. The Labute approximate surface area is 189 Å². The van der Waals surface area contributed by atoms with Gasteiger partial charge in [0.15, 0.2) is 0 Å². The van der Waals surface area contributed by atoms with Crippen LogP contribution < -0.4 is 11.1 Å². The van der Waals surface area contributed by atoms with Gasteiger partial charge in [0, 0.05) is 11.0 Å². The lowest BCUT2D eigenvalue weighted by molar-refractivity contribution is -0.111. The van der Waals surface area contributed by atoms with Gasteiger partial charge in [-0.2, -0.15) is 0 Å². The van der Waals surface area contributed by atoms with Crippen LogP contribution >= 0.6 is 11.3 Å². The molecule has 166 valence electrons. The van der Waals surface area contributed by atoms with E-state index in [1.165, 1.54) is 27.9 Å². The summed E-state index contributed by atoms with van der Waals surface area (Å²) in [6.07, 6.45) is 7.24. The zero-order valence-electron chi connectivity index (χ0n) is 19.2. The molecule has 0 saturated carbocycles. The van der Waals surface area contributed by atoms with Crippen molar-refractivity contribution in [2.75, 3.05) is 5.32 Å². The molecule has 0 aliphatic heterocycles. The first kappa shape index (κ1) is 23.3. The molecule has 1 aromatic heterocycles. The van der Waals surface area contributed by atoms with Crippen LogP contribution in [0.3, 0.4) is 0 Å². The van der Waals surface area contributed by atoms with Gasteiger partial charge in [-0.3, -0.25) is 9.59 Å². The normalized spacial score (nSPS) is 16.5. The van der Waals surface area contributed by atoms with Gasteiger partial charge in [0.25, 0.3) is 5.91 Å². The van der Waals surface area contributed by atoms with Crippen molar-refractivity contribution in [3.8, 4) is 0 Å². The maximum atomic E-state index is 12.6. The first-order valence-corrected chi connectivity index (χ1v) is 12.0. The molecule has 1 aliphatic rings. The number of nitrogens with two attached hydrogens (primary N) is 1. The minimum absolute atomic E-state index is 0.250. The van der Waals surface area contributed by atoms with Crippen LogP contribution in [0.15, 0.2) is 30.3 Å². The van der Waals surface area contributed by atoms with Crippen molar-refractivity contribution in [2.45, 2.75) is 66.2 Å². The summed E-state index contributed by atoms with van der Waals surface area (Å²) >= 11 is 1.51. The van der Waals surface area contributed by atoms with Crippen molar-refractivity contribution in [1.82, 2.24) is 0 Å². The number of hydrogen-bond acceptors (Lipinski definition) is 3. The van der Waals surface area contributed by atoms with Crippen molar-refractivity contribution in [2.24, 2.45) is 17.1 Å². The number of amides is 2. The molecule has 1 atom stereocenters. The second kappa shape index (κ2) is 9.39. The smallest absolute Gasteiger partial charge is 0.251 e. The summed E-state index contributed by atoms with van der Waals surface area (Å²) in [5.41, 5.74) is 9.72. The maximum Gasteiger partial charge on any atom is 0.251 e. The molecule has 0 spiro atoms. The first-order chi connectivity index (χ1) is 14.6. The number of nitrogens with one attached hydrogen (secondary N) is 1. The molecule has 2 amide bonds. The molecule has 3 N–H and O–H groups in total. The van der Waals surface area contributed by atoms with E-state index >= 15 is 0 Å². The lowest BCUT2D eigenvalue weighted by Gasteiger charge is -2.36. The van der Waals surface area contributed by atoms with E-state index in [2.05, 4.69) is 52.1 Å². The Morgan fingerprint density at radius 3 is 2.52 bits per heavy atom. The van der Waals surface area contributed by atoms with E-state index in [0.717, 1.165) is 36.8 Å². The average molecular weight is 439 g/mol.